The second kappa shape index (κ2) is 4.82. The van der Waals surface area contributed by atoms with Crippen LogP contribution in [0.3, 0.4) is 0 Å². The molecule has 0 saturated heterocycles. The molecule has 0 saturated carbocycles. The molecule has 5 heteroatoms. The van der Waals surface area contributed by atoms with Crippen LogP contribution in [-0.4, -0.2) is 16.7 Å². The van der Waals surface area contributed by atoms with Crippen LogP contribution in [0.2, 0.25) is 5.02 Å². The first kappa shape index (κ1) is 11.9. The molecule has 0 aliphatic heterocycles. The summed E-state index contributed by atoms with van der Waals surface area (Å²) < 4.78 is 7.06. The summed E-state index contributed by atoms with van der Waals surface area (Å²) in [6, 6.07) is 11.8. The number of nitrogens with zero attached hydrogens (tertiary/aromatic N) is 2. The van der Waals surface area contributed by atoms with Crippen LogP contribution in [0.4, 0.5) is 11.4 Å². The molecule has 19 heavy (non-hydrogen) atoms. The molecule has 0 aliphatic rings. The van der Waals surface area contributed by atoms with Gasteiger partial charge in [0.25, 0.3) is 0 Å². The minimum absolute atomic E-state index is 0.572. The molecule has 0 atom stereocenters. The van der Waals surface area contributed by atoms with E-state index in [0.29, 0.717) is 10.8 Å². The summed E-state index contributed by atoms with van der Waals surface area (Å²) in [6.07, 6.45) is 3.47. The van der Waals surface area contributed by atoms with Gasteiger partial charge in [-0.3, -0.25) is 0 Å². The molecule has 2 heterocycles. The minimum Gasteiger partial charge on any atom is -0.494 e. The van der Waals surface area contributed by atoms with Crippen LogP contribution in [0, 0.1) is 0 Å². The van der Waals surface area contributed by atoms with E-state index < -0.39 is 0 Å². The molecule has 4 nitrogen and oxygen atoms in total. The molecule has 3 aromatic rings. The molecule has 0 unspecified atom stereocenters. The average molecular weight is 274 g/mol. The van der Waals surface area contributed by atoms with Crippen LogP contribution in [0.5, 0.6) is 5.75 Å². The molecular weight excluding hydrogens is 262 g/mol. The topological polar surface area (TPSA) is 38.6 Å². The number of hydrogen-bond acceptors (Lipinski definition) is 3. The van der Waals surface area contributed by atoms with Crippen LogP contribution in [-0.2, 0) is 0 Å². The van der Waals surface area contributed by atoms with E-state index in [9.17, 15) is 0 Å². The summed E-state index contributed by atoms with van der Waals surface area (Å²) in [5.74, 6) is 0.684. The smallest absolute Gasteiger partial charge is 0.148 e. The van der Waals surface area contributed by atoms with Crippen molar-refractivity contribution in [3.05, 3.63) is 53.8 Å². The molecule has 0 bridgehead atoms. The van der Waals surface area contributed by atoms with Crippen molar-refractivity contribution in [3.63, 3.8) is 0 Å². The van der Waals surface area contributed by atoms with Gasteiger partial charge in [0.1, 0.15) is 11.3 Å². The average Bonchev–Trinajstić information content (AvgIpc) is 2.81. The van der Waals surface area contributed by atoms with Gasteiger partial charge in [-0.15, -0.1) is 0 Å². The summed E-state index contributed by atoms with van der Waals surface area (Å²) in [5, 5.41) is 8.06. The molecular formula is C14H12ClN3O. The summed E-state index contributed by atoms with van der Waals surface area (Å²) in [6.45, 7) is 0. The fraction of sp³-hybridized carbons (Fsp3) is 0.0714. The van der Waals surface area contributed by atoms with Crippen LogP contribution < -0.4 is 10.1 Å². The maximum Gasteiger partial charge on any atom is 0.148 e. The van der Waals surface area contributed by atoms with E-state index in [1.165, 1.54) is 0 Å². The van der Waals surface area contributed by atoms with Gasteiger partial charge >= 0.3 is 0 Å². The molecule has 1 aromatic carbocycles. The molecule has 0 aliphatic carbocycles. The fourth-order valence-corrected chi connectivity index (χ4v) is 2.18. The molecule has 0 spiro atoms. The highest BCUT2D eigenvalue weighted by molar-refractivity contribution is 6.34. The van der Waals surface area contributed by atoms with Crippen molar-refractivity contribution in [2.45, 2.75) is 0 Å². The summed E-state index contributed by atoms with van der Waals surface area (Å²) in [5.41, 5.74) is 2.65. The normalized spacial score (nSPS) is 10.6. The van der Waals surface area contributed by atoms with E-state index in [2.05, 4.69) is 10.4 Å². The Morgan fingerprint density at radius 2 is 2.00 bits per heavy atom. The lowest BCUT2D eigenvalue weighted by Gasteiger charge is -2.10. The third-order valence-electron chi connectivity index (χ3n) is 2.81. The number of pyridine rings is 1. The zero-order chi connectivity index (χ0) is 13.2. The minimum atomic E-state index is 0.572. The lowest BCUT2D eigenvalue weighted by atomic mass is 10.3. The Bertz CT molecular complexity index is 709. The number of benzene rings is 1. The maximum absolute atomic E-state index is 6.09. The van der Waals surface area contributed by atoms with Crippen molar-refractivity contribution >= 4 is 28.5 Å². The van der Waals surface area contributed by atoms with E-state index in [-0.39, 0.29) is 0 Å². The Hall–Kier alpha value is -2.20. The van der Waals surface area contributed by atoms with Crippen molar-refractivity contribution in [3.8, 4) is 5.75 Å². The first-order valence-corrected chi connectivity index (χ1v) is 6.18. The Kier molecular flexibility index (Phi) is 3.01. The molecule has 0 fully saturated rings. The highest BCUT2D eigenvalue weighted by atomic mass is 35.5. The Morgan fingerprint density at radius 3 is 2.74 bits per heavy atom. The van der Waals surface area contributed by atoms with Crippen LogP contribution in [0.1, 0.15) is 0 Å². The van der Waals surface area contributed by atoms with Gasteiger partial charge in [0.05, 0.1) is 30.2 Å². The lowest BCUT2D eigenvalue weighted by Crippen LogP contribution is -1.97. The predicted octanol–water partition coefficient (Wildman–Crippen LogP) is 3.74. The van der Waals surface area contributed by atoms with E-state index in [4.69, 9.17) is 16.3 Å². The fourth-order valence-electron chi connectivity index (χ4n) is 1.96. The van der Waals surface area contributed by atoms with Crippen molar-refractivity contribution in [1.82, 2.24) is 9.61 Å². The Labute approximate surface area is 115 Å². The molecule has 0 amide bonds. The predicted molar refractivity (Wildman–Crippen MR) is 76.5 cm³/mol. The standard InChI is InChI=1S/C14H12ClN3O/c1-19-13-7-11(17-10-5-3-2-4-6-10)9-18-14(13)12(15)8-16-18/h2-9,17H,1H3. The lowest BCUT2D eigenvalue weighted by molar-refractivity contribution is 0.418. The van der Waals surface area contributed by atoms with Gasteiger partial charge in [-0.25, -0.2) is 4.52 Å². The third-order valence-corrected chi connectivity index (χ3v) is 3.09. The van der Waals surface area contributed by atoms with Gasteiger partial charge in [-0.1, -0.05) is 29.8 Å². The van der Waals surface area contributed by atoms with Gasteiger partial charge in [-0.05, 0) is 12.1 Å². The summed E-state index contributed by atoms with van der Waals surface area (Å²) in [7, 11) is 1.62. The van der Waals surface area contributed by atoms with Gasteiger partial charge in [0.2, 0.25) is 0 Å². The van der Waals surface area contributed by atoms with Crippen molar-refractivity contribution in [2.75, 3.05) is 12.4 Å². The van der Waals surface area contributed by atoms with Gasteiger partial charge < -0.3 is 10.1 Å². The maximum atomic E-state index is 6.09. The van der Waals surface area contributed by atoms with Gasteiger partial charge in [0.15, 0.2) is 0 Å². The highest BCUT2D eigenvalue weighted by Gasteiger charge is 2.10. The number of hydrogen-bond donors (Lipinski definition) is 1. The first-order valence-electron chi connectivity index (χ1n) is 5.81. The van der Waals surface area contributed by atoms with E-state index in [0.717, 1.165) is 16.9 Å². The van der Waals surface area contributed by atoms with Crippen molar-refractivity contribution in [2.24, 2.45) is 0 Å². The monoisotopic (exact) mass is 273 g/mol. The van der Waals surface area contributed by atoms with Crippen molar-refractivity contribution < 1.29 is 4.74 Å². The zero-order valence-corrected chi connectivity index (χ0v) is 11.1. The number of rotatable bonds is 3. The molecule has 96 valence electrons. The molecule has 1 N–H and O–H groups in total. The number of ether oxygens (including phenoxy) is 1. The molecule has 3 rings (SSSR count). The second-order valence-electron chi connectivity index (χ2n) is 4.07. The van der Waals surface area contributed by atoms with Crippen LogP contribution in [0.15, 0.2) is 48.8 Å². The number of halogens is 1. The highest BCUT2D eigenvalue weighted by Crippen LogP contribution is 2.30. The number of nitrogens with one attached hydrogen (secondary N) is 1. The van der Waals surface area contributed by atoms with Crippen molar-refractivity contribution in [1.29, 1.82) is 0 Å². The van der Waals surface area contributed by atoms with Gasteiger partial charge in [0, 0.05) is 11.8 Å². The summed E-state index contributed by atoms with van der Waals surface area (Å²) in [4.78, 5) is 0. The van der Waals surface area contributed by atoms with E-state index >= 15 is 0 Å². The molecule has 0 radical (unpaired) electrons. The SMILES string of the molecule is COc1cc(Nc2ccccc2)cn2ncc(Cl)c12. The number of anilines is 2. The number of para-hydroxylation sites is 1. The van der Waals surface area contributed by atoms with Crippen LogP contribution >= 0.6 is 11.6 Å². The third kappa shape index (κ3) is 2.22. The quantitative estimate of drug-likeness (QED) is 0.790. The first-order chi connectivity index (χ1) is 9.28. The molecule has 2 aromatic heterocycles. The number of aromatic nitrogens is 2. The summed E-state index contributed by atoms with van der Waals surface area (Å²) >= 11 is 6.09. The largest absolute Gasteiger partial charge is 0.494 e. The van der Waals surface area contributed by atoms with E-state index in [1.807, 2.05) is 42.6 Å². The number of fused-ring (bicyclic) bond motifs is 1. The Morgan fingerprint density at radius 1 is 1.21 bits per heavy atom. The number of methoxy groups -OCH3 is 1. The van der Waals surface area contributed by atoms with Gasteiger partial charge in [-0.2, -0.15) is 5.10 Å². The van der Waals surface area contributed by atoms with Crippen LogP contribution in [0.25, 0.3) is 5.52 Å². The Balaban J connectivity index is 2.05. The van der Waals surface area contributed by atoms with E-state index in [1.54, 1.807) is 17.8 Å². The zero-order valence-electron chi connectivity index (χ0n) is 10.3. The second-order valence-corrected chi connectivity index (χ2v) is 4.48.